The average molecular weight is 657 g/mol. The Morgan fingerprint density at radius 3 is 1.31 bits per heavy atom. The molecule has 230 valence electrons. The third kappa shape index (κ3) is 5.26. The first-order valence-corrected chi connectivity index (χ1v) is 14.0. The Balaban J connectivity index is 1.57. The number of fused-ring (bicyclic) bond motifs is 3. The molecule has 9 aromatic rings. The second-order valence-corrected chi connectivity index (χ2v) is 9.81. The zero-order chi connectivity index (χ0) is 58.7. The molecule has 0 unspecified atom stereocenters. The number of para-hydroxylation sites is 2. The molecule has 0 radical (unpaired) electrons. The van der Waals surface area contributed by atoms with E-state index < -0.39 is 265 Å². The summed E-state index contributed by atoms with van der Waals surface area (Å²) in [5.41, 5.74) is -8.65. The number of hydrogen-bond donors (Lipinski definition) is 0. The van der Waals surface area contributed by atoms with Crippen molar-refractivity contribution in [2.24, 2.45) is 0 Å². The van der Waals surface area contributed by atoms with Crippen LogP contribution in [0.2, 0.25) is 0 Å². The summed E-state index contributed by atoms with van der Waals surface area (Å²) in [4.78, 5) is 13.0. The first kappa shape index (κ1) is 11.2. The zero-order valence-corrected chi connectivity index (χ0v) is 24.3. The van der Waals surface area contributed by atoms with E-state index in [1.54, 1.807) is 0 Å². The van der Waals surface area contributed by atoms with Crippen molar-refractivity contribution in [2.45, 2.75) is 0 Å². The molecule has 4 heteroatoms. The van der Waals surface area contributed by atoms with E-state index in [1.807, 2.05) is 0 Å². The highest BCUT2D eigenvalue weighted by atomic mass is 15.1. The van der Waals surface area contributed by atoms with E-state index in [0.717, 1.165) is 0 Å². The topological polar surface area (TPSA) is 43.6 Å². The summed E-state index contributed by atoms with van der Waals surface area (Å²) in [6, 6.07) is -29.8. The molecular weight excluding hydrogens is 597 g/mol. The fourth-order valence-corrected chi connectivity index (χ4v) is 4.87. The SMILES string of the molecule is [2H]c1c([2H])c([2H])c(-c2nc(-c3c([2H])c([2H])c(-c4c([2H])c([2H])c([2H])c([2H])c4[2H])c([2H])c3[2H])nc(-c3c([2H])c([2H])c(-c4c([2H])c([2H])c([2H])c([2H])c4[2H])c([2H])c3-n3c4c([2H])c([2H])c([2H])c([2H])c4c4c([2H])c([2H])c([2H])c([2H])c43)n2)c([2H])c1[2H]. The van der Waals surface area contributed by atoms with Gasteiger partial charge in [0.25, 0.3) is 0 Å². The largest absolute Gasteiger partial charge is 0.308 e. The van der Waals surface area contributed by atoms with Gasteiger partial charge in [-0.15, -0.1) is 0 Å². The predicted octanol–water partition coefficient (Wildman–Crippen LogP) is 11.3. The van der Waals surface area contributed by atoms with Crippen LogP contribution in [-0.2, 0) is 0 Å². The summed E-state index contributed by atoms with van der Waals surface area (Å²) in [7, 11) is 0. The van der Waals surface area contributed by atoms with Crippen molar-refractivity contribution in [3.05, 3.63) is 181 Å². The maximum atomic E-state index is 10.0. The van der Waals surface area contributed by atoms with Crippen LogP contribution in [0.4, 0.5) is 0 Å². The molecule has 0 saturated heterocycles. The summed E-state index contributed by atoms with van der Waals surface area (Å²) >= 11 is 0. The number of rotatable bonds is 6. The van der Waals surface area contributed by atoms with Gasteiger partial charge < -0.3 is 4.57 Å². The molecule has 9 rings (SSSR count). The Morgan fingerprint density at radius 1 is 0.347 bits per heavy atom. The lowest BCUT2D eigenvalue weighted by Crippen LogP contribution is -2.04. The van der Waals surface area contributed by atoms with Crippen LogP contribution >= 0.6 is 0 Å². The van der Waals surface area contributed by atoms with Crippen molar-refractivity contribution in [3.63, 3.8) is 0 Å². The molecule has 4 nitrogen and oxygen atoms in total. The van der Waals surface area contributed by atoms with Crippen LogP contribution in [0.1, 0.15) is 41.1 Å². The summed E-state index contributed by atoms with van der Waals surface area (Å²) in [6.45, 7) is 0. The van der Waals surface area contributed by atoms with Crippen LogP contribution in [0.25, 0.3) is 83.9 Å². The van der Waals surface area contributed by atoms with Crippen LogP contribution in [0.3, 0.4) is 0 Å². The minimum absolute atomic E-state index is 0.608. The van der Waals surface area contributed by atoms with Crippen molar-refractivity contribution >= 4 is 21.8 Å². The van der Waals surface area contributed by atoms with Crippen molar-refractivity contribution in [2.75, 3.05) is 0 Å². The quantitative estimate of drug-likeness (QED) is 0.179. The normalized spacial score (nSPS) is 19.8. The standard InChI is InChI=1S/C45H30N4/c1-4-14-31(15-5-1)33-24-26-35(27-25-33)44-46-43(34-18-8-3-9-19-34)47-45(48-44)39-29-28-36(32-16-6-2-7-17-32)30-42(39)49-40-22-12-10-20-37(40)38-21-11-13-23-41(38)49/h1-30H/i1D,2D,3D,4D,5D,6D,7D,8D,9D,10D,11D,12D,13D,14D,15D,16D,17D,18D,19D,20D,21D,22D,23D,24D,25D,26D,27D,28D,29D,30D. The minimum Gasteiger partial charge on any atom is -0.308 e. The van der Waals surface area contributed by atoms with Gasteiger partial charge in [0.2, 0.25) is 0 Å². The molecule has 0 saturated carbocycles. The molecule has 7 aromatic carbocycles. The summed E-state index contributed by atoms with van der Waals surface area (Å²) in [5, 5.41) is -1.22. The van der Waals surface area contributed by atoms with Gasteiger partial charge >= 0.3 is 0 Å². The molecule has 0 spiro atoms. The van der Waals surface area contributed by atoms with Crippen LogP contribution in [0.5, 0.6) is 0 Å². The first-order valence-electron chi connectivity index (χ1n) is 29.0. The molecule has 49 heavy (non-hydrogen) atoms. The average Bonchev–Trinajstić information content (AvgIpc) is 4.07. The third-order valence-electron chi connectivity index (χ3n) is 6.98. The van der Waals surface area contributed by atoms with Gasteiger partial charge in [-0.1, -0.05) is 157 Å². The van der Waals surface area contributed by atoms with Crippen LogP contribution in [-0.4, -0.2) is 19.5 Å². The molecule has 0 amide bonds. The van der Waals surface area contributed by atoms with E-state index in [9.17, 15) is 9.60 Å². The van der Waals surface area contributed by atoms with Gasteiger partial charge in [0.15, 0.2) is 17.5 Å². The van der Waals surface area contributed by atoms with E-state index in [4.69, 9.17) is 31.5 Å². The van der Waals surface area contributed by atoms with Gasteiger partial charge in [0.05, 0.1) is 57.8 Å². The number of hydrogen-bond acceptors (Lipinski definition) is 3. The summed E-state index contributed by atoms with van der Waals surface area (Å²) < 4.78 is 266. The van der Waals surface area contributed by atoms with Gasteiger partial charge in [-0.25, -0.2) is 15.0 Å². The summed E-state index contributed by atoms with van der Waals surface area (Å²) in [6.07, 6.45) is 0. The second kappa shape index (κ2) is 12.2. The molecule has 2 heterocycles. The fourth-order valence-electron chi connectivity index (χ4n) is 4.87. The highest BCUT2D eigenvalue weighted by molar-refractivity contribution is 6.09. The smallest absolute Gasteiger partial charge is 0.166 e. The van der Waals surface area contributed by atoms with E-state index in [1.165, 1.54) is 0 Å². The Kier molecular flexibility index (Phi) is 2.79. The Hall–Kier alpha value is -6.65. The minimum atomic E-state index is -1.20. The predicted molar refractivity (Wildman–Crippen MR) is 201 cm³/mol. The monoisotopic (exact) mass is 656 g/mol. The lowest BCUT2D eigenvalue weighted by Gasteiger charge is -2.16. The fraction of sp³-hybridized carbons (Fsp3) is 0. The number of nitrogens with zero attached hydrogens (tertiary/aromatic N) is 4. The van der Waals surface area contributed by atoms with Crippen molar-refractivity contribution in [3.8, 4) is 62.1 Å². The van der Waals surface area contributed by atoms with Crippen molar-refractivity contribution < 1.29 is 41.1 Å². The Bertz CT molecular complexity index is 4130. The van der Waals surface area contributed by atoms with Crippen LogP contribution in [0.15, 0.2) is 181 Å². The van der Waals surface area contributed by atoms with Crippen molar-refractivity contribution in [1.82, 2.24) is 19.5 Å². The third-order valence-corrected chi connectivity index (χ3v) is 6.98. The van der Waals surface area contributed by atoms with Gasteiger partial charge in [0.1, 0.15) is 0 Å². The molecule has 0 atom stereocenters. The molecule has 0 N–H and O–H groups in total. The first-order chi connectivity index (χ1) is 36.8. The van der Waals surface area contributed by atoms with Crippen molar-refractivity contribution in [1.29, 1.82) is 0 Å². The highest BCUT2D eigenvalue weighted by Gasteiger charge is 2.20. The lowest BCUT2D eigenvalue weighted by molar-refractivity contribution is 1.06. The molecule has 0 aliphatic rings. The van der Waals surface area contributed by atoms with Crippen LogP contribution in [0, 0.1) is 0 Å². The van der Waals surface area contributed by atoms with E-state index >= 15 is 0 Å². The molecule has 0 fully saturated rings. The van der Waals surface area contributed by atoms with E-state index in [2.05, 4.69) is 15.0 Å². The van der Waals surface area contributed by atoms with Gasteiger partial charge in [-0.3, -0.25) is 0 Å². The highest BCUT2D eigenvalue weighted by Crippen LogP contribution is 2.38. The maximum absolute atomic E-state index is 10.0. The number of aromatic nitrogens is 4. The molecule has 0 aliphatic heterocycles. The van der Waals surface area contributed by atoms with E-state index in [0.29, 0.717) is 4.57 Å². The summed E-state index contributed by atoms with van der Waals surface area (Å²) in [5.74, 6) is -3.06. The van der Waals surface area contributed by atoms with E-state index in [-0.39, 0.29) is 0 Å². The molecule has 0 aliphatic carbocycles. The maximum Gasteiger partial charge on any atom is 0.166 e. The Morgan fingerprint density at radius 2 is 0.735 bits per heavy atom. The van der Waals surface area contributed by atoms with Gasteiger partial charge in [-0.2, -0.15) is 0 Å². The van der Waals surface area contributed by atoms with Crippen LogP contribution < -0.4 is 0 Å². The molecule has 2 aromatic heterocycles. The molecular formula is C45H30N4. The zero-order valence-electron chi connectivity index (χ0n) is 54.3. The lowest BCUT2D eigenvalue weighted by atomic mass is 10.0. The number of benzene rings is 7. The Labute approximate surface area is 326 Å². The molecule has 0 bridgehead atoms. The van der Waals surface area contributed by atoms with Gasteiger partial charge in [0, 0.05) is 27.5 Å². The second-order valence-electron chi connectivity index (χ2n) is 9.81. The van der Waals surface area contributed by atoms with Gasteiger partial charge in [-0.05, 0) is 46.4 Å².